The number of halogens is 2. The Morgan fingerprint density at radius 2 is 1.70 bits per heavy atom. The minimum absolute atomic E-state index is 0. The summed E-state index contributed by atoms with van der Waals surface area (Å²) in [6.45, 7) is 7.03. The molecule has 0 radical (unpaired) electrons. The van der Waals surface area contributed by atoms with Gasteiger partial charge in [-0.15, -0.1) is 0 Å². The van der Waals surface area contributed by atoms with Crippen LogP contribution in [0.5, 0.6) is 0 Å². The first kappa shape index (κ1) is 21.5. The molecule has 2 aliphatic carbocycles. The van der Waals surface area contributed by atoms with Crippen LogP contribution in [0.3, 0.4) is 0 Å². The topological polar surface area (TPSA) is 0 Å². The Bertz CT molecular complexity index is 737. The molecule has 3 rings (SSSR count). The van der Waals surface area contributed by atoms with Gasteiger partial charge in [0.25, 0.3) is 0 Å². The predicted octanol–water partition coefficient (Wildman–Crippen LogP) is -0.354. The number of hydrogen-bond donors (Lipinski definition) is 0. The van der Waals surface area contributed by atoms with Crippen LogP contribution < -0.4 is 24.8 Å². The number of fused-ring (bicyclic) bond motifs is 1. The molecule has 0 nitrogen and oxygen atoms in total. The Balaban J connectivity index is 0.00000132. The average molecular weight is 487 g/mol. The van der Waals surface area contributed by atoms with Gasteiger partial charge in [0.15, 0.2) is 0 Å². The molecular formula is C19H24Cl2GeZr. The van der Waals surface area contributed by atoms with E-state index in [2.05, 4.69) is 68.7 Å². The quantitative estimate of drug-likeness (QED) is 0.501. The number of allylic oxidation sites excluding steroid dienone is 6. The predicted molar refractivity (Wildman–Crippen MR) is 91.4 cm³/mol. The van der Waals surface area contributed by atoms with Gasteiger partial charge in [0.1, 0.15) is 0 Å². The summed E-state index contributed by atoms with van der Waals surface area (Å²) in [6, 6.07) is 9.21. The zero-order valence-electron chi connectivity index (χ0n) is 14.5. The van der Waals surface area contributed by atoms with Crippen molar-refractivity contribution >= 4 is 15.5 Å². The fourth-order valence-electron chi connectivity index (χ4n) is 3.77. The standard InChI is InChI=1S/C11H11.C6H7.C2H6Ge.2ClH.Zr/c1-8-7-10-5-3-4-6-11(10)9(8)2;1-6-4-2-3-5-6;1-3-2;;;/h3-7H,1-2H3;4-5H,2H2,1H3;1-2H3;2*1H;/q;;;;;+2/p-2. The van der Waals surface area contributed by atoms with Crippen LogP contribution in [0.25, 0.3) is 5.57 Å². The van der Waals surface area contributed by atoms with Crippen LogP contribution in [0, 0.1) is 0 Å². The van der Waals surface area contributed by atoms with Gasteiger partial charge >= 0.3 is 138 Å². The molecule has 4 heteroatoms. The summed E-state index contributed by atoms with van der Waals surface area (Å²) in [4.78, 5) is 0. The molecule has 23 heavy (non-hydrogen) atoms. The molecule has 0 saturated heterocycles. The summed E-state index contributed by atoms with van der Waals surface area (Å²) in [6.07, 6.45) is 6.27. The Labute approximate surface area is 162 Å². The van der Waals surface area contributed by atoms with Gasteiger partial charge in [-0.2, -0.15) is 0 Å². The van der Waals surface area contributed by atoms with Crippen molar-refractivity contribution in [3.63, 3.8) is 0 Å². The van der Waals surface area contributed by atoms with E-state index in [1.165, 1.54) is 12.0 Å². The van der Waals surface area contributed by atoms with E-state index < -0.39 is 28.6 Å². The largest absolute Gasteiger partial charge is 1.00 e. The second-order valence-electron chi connectivity index (χ2n) is 6.56. The monoisotopic (exact) mass is 486 g/mol. The van der Waals surface area contributed by atoms with Crippen LogP contribution >= 0.6 is 0 Å². The first-order chi connectivity index (χ1) is 10.0. The number of hydrogen-bond acceptors (Lipinski definition) is 0. The molecule has 0 amide bonds. The summed E-state index contributed by atoms with van der Waals surface area (Å²) in [7, 11) is -0.871. The van der Waals surface area contributed by atoms with Gasteiger partial charge in [-0.05, 0) is 0 Å². The van der Waals surface area contributed by atoms with Gasteiger partial charge < -0.3 is 24.8 Å². The van der Waals surface area contributed by atoms with Crippen LogP contribution in [0.15, 0.2) is 50.8 Å². The fraction of sp³-hybridized carbons (Fsp3) is 0.368. The number of benzene rings is 1. The first-order valence-corrected chi connectivity index (χ1v) is 22.1. The molecule has 0 bridgehead atoms. The van der Waals surface area contributed by atoms with E-state index in [9.17, 15) is 0 Å². The van der Waals surface area contributed by atoms with Crippen LogP contribution in [0.1, 0.15) is 41.9 Å². The molecule has 0 spiro atoms. The smallest absolute Gasteiger partial charge is 1.00 e. The molecule has 0 saturated carbocycles. The molecule has 0 N–H and O–H groups in total. The van der Waals surface area contributed by atoms with Crippen molar-refractivity contribution in [1.29, 1.82) is 0 Å². The maximum absolute atomic E-state index is 2.63. The second kappa shape index (κ2) is 8.70. The molecular weight excluding hydrogens is 463 g/mol. The molecule has 0 heterocycles. The third-order valence-corrected chi connectivity index (χ3v) is 34.3. The van der Waals surface area contributed by atoms with Gasteiger partial charge in [-0.1, -0.05) is 0 Å². The van der Waals surface area contributed by atoms with E-state index in [1.807, 2.05) is 3.28 Å². The summed E-state index contributed by atoms with van der Waals surface area (Å²) in [5, 5.41) is 0. The summed E-state index contributed by atoms with van der Waals surface area (Å²) in [5.74, 6) is 5.26. The molecule has 0 aliphatic heterocycles. The Morgan fingerprint density at radius 1 is 1.04 bits per heavy atom. The molecule has 0 aromatic heterocycles. The van der Waals surface area contributed by atoms with Crippen molar-refractivity contribution < 1.29 is 43.4 Å². The second-order valence-corrected chi connectivity index (χ2v) is 35.2. The van der Waals surface area contributed by atoms with Crippen LogP contribution in [-0.2, 0) is 18.6 Å². The summed E-state index contributed by atoms with van der Waals surface area (Å²) >= 11 is -1.55. The SMILES string of the molecule is CC1=CC[C]([Zr+2]([CH]2C(C)=C(C)c3ccccc32)=[Ge]([CH3])[CH3])=C1.[Cl-].[Cl-]. The van der Waals surface area contributed by atoms with Crippen LogP contribution in [0.4, 0.5) is 0 Å². The van der Waals surface area contributed by atoms with Crippen molar-refractivity contribution in [2.24, 2.45) is 0 Å². The summed E-state index contributed by atoms with van der Waals surface area (Å²) < 4.78 is 2.72. The third kappa shape index (κ3) is 4.00. The fourth-order valence-corrected chi connectivity index (χ4v) is 34.3. The van der Waals surface area contributed by atoms with Gasteiger partial charge in [-0.25, -0.2) is 0 Å². The molecule has 1 unspecified atom stereocenters. The third-order valence-electron chi connectivity index (χ3n) is 4.92. The maximum Gasteiger partial charge on any atom is -1.00 e. The van der Waals surface area contributed by atoms with Crippen molar-refractivity contribution in [3.8, 4) is 0 Å². The van der Waals surface area contributed by atoms with Gasteiger partial charge in [0.05, 0.1) is 0 Å². The molecule has 122 valence electrons. The number of rotatable bonds is 2. The van der Waals surface area contributed by atoms with Gasteiger partial charge in [-0.3, -0.25) is 0 Å². The van der Waals surface area contributed by atoms with E-state index in [4.69, 9.17) is 0 Å². The molecule has 0 fully saturated rings. The van der Waals surface area contributed by atoms with Crippen molar-refractivity contribution in [2.75, 3.05) is 0 Å². The average Bonchev–Trinajstić information content (AvgIpc) is 2.97. The minimum Gasteiger partial charge on any atom is -1.00 e. The van der Waals surface area contributed by atoms with Crippen LogP contribution in [-0.4, -0.2) is 9.98 Å². The summed E-state index contributed by atoms with van der Waals surface area (Å²) in [5.41, 5.74) is 7.98. The molecule has 1 aromatic carbocycles. The molecule has 2 aliphatic rings. The normalized spacial score (nSPS) is 18.2. The van der Waals surface area contributed by atoms with E-state index in [-0.39, 0.29) is 24.8 Å². The van der Waals surface area contributed by atoms with Crippen LogP contribution in [0.2, 0.25) is 11.5 Å². The molecule has 1 atom stereocenters. The van der Waals surface area contributed by atoms with Gasteiger partial charge in [0.2, 0.25) is 0 Å². The van der Waals surface area contributed by atoms with Crippen molar-refractivity contribution in [3.05, 3.63) is 62.0 Å². The van der Waals surface area contributed by atoms with E-state index >= 15 is 0 Å². The Kier molecular flexibility index (Phi) is 8.13. The van der Waals surface area contributed by atoms with Gasteiger partial charge in [0, 0.05) is 0 Å². The van der Waals surface area contributed by atoms with Crippen molar-refractivity contribution in [2.45, 2.75) is 42.3 Å². The molecule has 1 aromatic rings. The zero-order valence-corrected chi connectivity index (χ0v) is 20.6. The maximum atomic E-state index is 2.63. The Morgan fingerprint density at radius 3 is 2.26 bits per heavy atom. The van der Waals surface area contributed by atoms with E-state index in [0.717, 1.165) is 3.63 Å². The minimum atomic E-state index is -1.55. The first-order valence-electron chi connectivity index (χ1n) is 7.82. The van der Waals surface area contributed by atoms with E-state index in [0.29, 0.717) is 0 Å². The zero-order chi connectivity index (χ0) is 15.1. The Hall–Kier alpha value is 0.446. The van der Waals surface area contributed by atoms with Crippen molar-refractivity contribution in [1.82, 2.24) is 0 Å². The van der Waals surface area contributed by atoms with E-state index in [1.54, 1.807) is 22.3 Å².